The third-order valence-corrected chi connectivity index (χ3v) is 9.71. The Morgan fingerprint density at radius 1 is 0.479 bits per heavy atom. The molecule has 0 aliphatic carbocycles. The van der Waals surface area contributed by atoms with E-state index in [2.05, 4.69) is 33.2 Å². The number of hydrogen-bond donors (Lipinski definition) is 0. The highest BCUT2D eigenvalue weighted by Gasteiger charge is 2.27. The molecule has 0 radical (unpaired) electrons. The van der Waals surface area contributed by atoms with Crippen molar-refractivity contribution in [2.75, 3.05) is 0 Å². The predicted molar refractivity (Wildman–Crippen MR) is 188 cm³/mol. The lowest BCUT2D eigenvalue weighted by atomic mass is 9.91. The molecule has 1 unspecified atom stereocenters. The molecule has 7 heterocycles. The van der Waals surface area contributed by atoms with E-state index >= 15 is 0 Å². The lowest BCUT2D eigenvalue weighted by Gasteiger charge is -2.20. The van der Waals surface area contributed by atoms with Gasteiger partial charge < -0.3 is 0 Å². The maximum atomic E-state index is 14.6. The molecule has 0 aliphatic rings. The minimum atomic E-state index is -1.70. The summed E-state index contributed by atoms with van der Waals surface area (Å²) in [5.74, 6) is 0. The van der Waals surface area contributed by atoms with Gasteiger partial charge in [-0.1, -0.05) is 36.4 Å². The van der Waals surface area contributed by atoms with Crippen molar-refractivity contribution in [3.8, 4) is 33.8 Å². The van der Waals surface area contributed by atoms with E-state index < -0.39 is 10.8 Å². The van der Waals surface area contributed by atoms with Crippen molar-refractivity contribution in [2.24, 2.45) is 0 Å². The van der Waals surface area contributed by atoms with Crippen LogP contribution in [0.3, 0.4) is 0 Å². The van der Waals surface area contributed by atoms with Crippen molar-refractivity contribution in [2.45, 2.75) is 9.92 Å². The summed E-state index contributed by atoms with van der Waals surface area (Å²) < 4.78 is 14.6. The molecule has 0 spiro atoms. The second-order valence-corrected chi connectivity index (χ2v) is 12.6. The molecule has 1 atom stereocenters. The first-order valence-electron chi connectivity index (χ1n) is 15.3. The second kappa shape index (κ2) is 11.5. The summed E-state index contributed by atoms with van der Waals surface area (Å²) >= 11 is 0. The highest BCUT2D eigenvalue weighted by atomic mass is 32.2. The normalized spacial score (nSPS) is 12.2. The first-order valence-corrected chi connectivity index (χ1v) is 16.4. The van der Waals surface area contributed by atoms with Gasteiger partial charge in [-0.2, -0.15) is 0 Å². The van der Waals surface area contributed by atoms with Gasteiger partial charge in [0.15, 0.2) is 0 Å². The SMILES string of the molecule is O=S(c1ccccn1)c1cnc(-c2ccc3ncccc3n2)c(-c2ccc3ncccc3n2)c1-c1ccnc2ccc3ccccc3c12. The average Bonchev–Trinajstić information content (AvgIpc) is 3.16. The van der Waals surface area contributed by atoms with Crippen LogP contribution in [0.1, 0.15) is 0 Å². The fraction of sp³-hybridized carbons (Fsp3) is 0. The third kappa shape index (κ3) is 4.68. The molecule has 0 N–H and O–H groups in total. The minimum absolute atomic E-state index is 0.424. The number of aromatic nitrogens is 7. The largest absolute Gasteiger partial charge is 0.256 e. The van der Waals surface area contributed by atoms with Gasteiger partial charge in [-0.3, -0.25) is 19.9 Å². The van der Waals surface area contributed by atoms with Gasteiger partial charge >= 0.3 is 0 Å². The highest BCUT2D eigenvalue weighted by molar-refractivity contribution is 7.85. The van der Waals surface area contributed by atoms with Crippen molar-refractivity contribution in [3.63, 3.8) is 0 Å². The smallest absolute Gasteiger partial charge is 0.132 e. The Balaban J connectivity index is 1.46. The molecule has 0 saturated carbocycles. The maximum Gasteiger partial charge on any atom is 0.132 e. The zero-order valence-corrected chi connectivity index (χ0v) is 26.0. The Morgan fingerprint density at radius 3 is 1.96 bits per heavy atom. The fourth-order valence-corrected chi connectivity index (χ4v) is 7.36. The van der Waals surface area contributed by atoms with Crippen LogP contribution in [0.4, 0.5) is 0 Å². The molecule has 0 aliphatic heterocycles. The van der Waals surface area contributed by atoms with Crippen LogP contribution in [0.25, 0.3) is 77.5 Å². The van der Waals surface area contributed by atoms with Crippen LogP contribution in [-0.4, -0.2) is 39.1 Å². The van der Waals surface area contributed by atoms with Crippen LogP contribution in [0, 0.1) is 0 Å². The molecule has 9 heteroatoms. The van der Waals surface area contributed by atoms with Crippen LogP contribution >= 0.6 is 0 Å². The second-order valence-electron chi connectivity index (χ2n) is 11.2. The number of pyridine rings is 7. The van der Waals surface area contributed by atoms with Crippen LogP contribution < -0.4 is 0 Å². The minimum Gasteiger partial charge on any atom is -0.256 e. The van der Waals surface area contributed by atoms with Gasteiger partial charge in [0.25, 0.3) is 0 Å². The van der Waals surface area contributed by atoms with Crippen molar-refractivity contribution < 1.29 is 4.21 Å². The van der Waals surface area contributed by atoms with E-state index in [-0.39, 0.29) is 0 Å². The molecule has 48 heavy (non-hydrogen) atoms. The summed E-state index contributed by atoms with van der Waals surface area (Å²) in [6.45, 7) is 0. The summed E-state index contributed by atoms with van der Waals surface area (Å²) in [5.41, 5.74) is 7.96. The Morgan fingerprint density at radius 2 is 1.17 bits per heavy atom. The Bertz CT molecular complexity index is 2720. The Kier molecular flexibility index (Phi) is 6.69. The van der Waals surface area contributed by atoms with E-state index in [1.54, 1.807) is 37.1 Å². The standard InChI is InChI=1S/C39H23N7OS/c47-48(35-11-3-4-19-43-35)34-23-44-39(33-17-15-28-30(46-33)10-6-21-41-28)38(32-16-14-27-29(45-32)9-5-20-40-27)37(34)26-18-22-42-31-13-12-24-7-1-2-8-25(24)36(26)31/h1-23H. The monoisotopic (exact) mass is 637 g/mol. The van der Waals surface area contributed by atoms with E-state index in [1.807, 2.05) is 84.9 Å². The quantitative estimate of drug-likeness (QED) is 0.174. The molecule has 0 saturated heterocycles. The molecule has 8 nitrogen and oxygen atoms in total. The van der Waals surface area contributed by atoms with Crippen LogP contribution in [-0.2, 0) is 10.8 Å². The summed E-state index contributed by atoms with van der Waals surface area (Å²) in [6.07, 6.45) is 8.63. The summed E-state index contributed by atoms with van der Waals surface area (Å²) in [6, 6.07) is 35.1. The van der Waals surface area contributed by atoms with Crippen molar-refractivity contribution in [3.05, 3.63) is 140 Å². The molecular formula is C39H23N7OS. The lowest BCUT2D eigenvalue weighted by molar-refractivity contribution is 0.680. The summed E-state index contributed by atoms with van der Waals surface area (Å²) in [7, 11) is -1.70. The Labute approximate surface area is 276 Å². The number of nitrogens with zero attached hydrogens (tertiary/aromatic N) is 7. The molecule has 9 aromatic rings. The van der Waals surface area contributed by atoms with Crippen LogP contribution in [0.5, 0.6) is 0 Å². The lowest BCUT2D eigenvalue weighted by Crippen LogP contribution is -2.05. The van der Waals surface area contributed by atoms with Gasteiger partial charge in [0.2, 0.25) is 0 Å². The predicted octanol–water partition coefficient (Wildman–Crippen LogP) is 8.23. The first kappa shape index (κ1) is 27.9. The molecule has 9 rings (SSSR count). The van der Waals surface area contributed by atoms with Gasteiger partial charge in [-0.15, -0.1) is 0 Å². The van der Waals surface area contributed by atoms with Gasteiger partial charge in [0.1, 0.15) is 15.8 Å². The molecular weight excluding hydrogens is 615 g/mol. The number of fused-ring (bicyclic) bond motifs is 5. The highest BCUT2D eigenvalue weighted by Crippen LogP contribution is 2.45. The topological polar surface area (TPSA) is 107 Å². The van der Waals surface area contributed by atoms with Crippen molar-refractivity contribution in [1.29, 1.82) is 0 Å². The van der Waals surface area contributed by atoms with E-state index in [1.165, 1.54) is 0 Å². The maximum absolute atomic E-state index is 14.6. The van der Waals surface area contributed by atoms with Gasteiger partial charge in [-0.25, -0.2) is 19.2 Å². The molecule has 0 amide bonds. The fourth-order valence-electron chi connectivity index (χ4n) is 6.23. The Hall–Kier alpha value is -6.32. The number of benzene rings is 2. The van der Waals surface area contributed by atoms with Gasteiger partial charge in [-0.05, 0) is 89.1 Å². The van der Waals surface area contributed by atoms with Gasteiger partial charge in [0, 0.05) is 47.5 Å². The number of rotatable bonds is 5. The zero-order chi connectivity index (χ0) is 32.0. The van der Waals surface area contributed by atoms with E-state index in [9.17, 15) is 4.21 Å². The first-order chi connectivity index (χ1) is 23.7. The average molecular weight is 638 g/mol. The molecule has 2 aromatic carbocycles. The van der Waals surface area contributed by atoms with Crippen molar-refractivity contribution >= 4 is 54.5 Å². The number of hydrogen-bond acceptors (Lipinski definition) is 8. The van der Waals surface area contributed by atoms with Crippen LogP contribution in [0.2, 0.25) is 0 Å². The molecule has 0 fully saturated rings. The van der Waals surface area contributed by atoms with E-state index in [0.29, 0.717) is 32.6 Å². The van der Waals surface area contributed by atoms with Gasteiger partial charge in [0.05, 0.1) is 49.6 Å². The molecule has 0 bridgehead atoms. The molecule has 226 valence electrons. The third-order valence-electron chi connectivity index (χ3n) is 8.38. The van der Waals surface area contributed by atoms with Crippen molar-refractivity contribution in [1.82, 2.24) is 34.9 Å². The van der Waals surface area contributed by atoms with E-state index in [4.69, 9.17) is 19.9 Å². The van der Waals surface area contributed by atoms with E-state index in [0.717, 1.165) is 54.9 Å². The zero-order valence-electron chi connectivity index (χ0n) is 25.2. The van der Waals surface area contributed by atoms with Crippen LogP contribution in [0.15, 0.2) is 150 Å². The summed E-state index contributed by atoms with van der Waals surface area (Å²) in [5, 5.41) is 3.46. The molecule has 7 aromatic heterocycles. The summed E-state index contributed by atoms with van der Waals surface area (Å²) in [4.78, 5) is 33.9.